The first-order chi connectivity index (χ1) is 10.1. The molecule has 0 saturated heterocycles. The Labute approximate surface area is 128 Å². The minimum atomic E-state index is -0.736. The zero-order chi connectivity index (χ0) is 15.7. The number of carboxylic acids is 1. The maximum atomic E-state index is 11.0. The predicted octanol–water partition coefficient (Wildman–Crippen LogP) is 3.98. The van der Waals surface area contributed by atoms with Crippen LogP contribution in [0.25, 0.3) is 0 Å². The number of carbonyl (C=O) groups is 1. The largest absolute Gasteiger partial charge is 0.481 e. The standard InChI is InChI=1S/C18H29NO2/c1-4-6-11-19-17(13-18(20)21)12-15-7-9-16(10-8-15)14(3)5-2/h7-10,14,17,19H,4-6,11-13H2,1-3H3,(H,20,21). The van der Waals surface area contributed by atoms with Gasteiger partial charge in [0.15, 0.2) is 0 Å². The van der Waals surface area contributed by atoms with Crippen LogP contribution in [0.3, 0.4) is 0 Å². The van der Waals surface area contributed by atoms with E-state index in [1.165, 1.54) is 11.1 Å². The van der Waals surface area contributed by atoms with Gasteiger partial charge in [-0.15, -0.1) is 0 Å². The summed E-state index contributed by atoms with van der Waals surface area (Å²) >= 11 is 0. The minimum Gasteiger partial charge on any atom is -0.481 e. The second-order valence-corrected chi connectivity index (χ2v) is 5.86. The Morgan fingerprint density at radius 3 is 2.43 bits per heavy atom. The molecule has 1 aromatic rings. The molecule has 21 heavy (non-hydrogen) atoms. The van der Waals surface area contributed by atoms with Gasteiger partial charge in [-0.05, 0) is 42.9 Å². The van der Waals surface area contributed by atoms with Crippen molar-refractivity contribution in [3.63, 3.8) is 0 Å². The maximum Gasteiger partial charge on any atom is 0.304 e. The number of hydrogen-bond donors (Lipinski definition) is 2. The van der Waals surface area contributed by atoms with Crippen molar-refractivity contribution in [1.82, 2.24) is 5.32 Å². The summed E-state index contributed by atoms with van der Waals surface area (Å²) in [6.07, 6.45) is 4.30. The summed E-state index contributed by atoms with van der Waals surface area (Å²) in [4.78, 5) is 11.0. The molecule has 0 aliphatic carbocycles. The third-order valence-electron chi connectivity index (χ3n) is 4.03. The molecule has 0 radical (unpaired) electrons. The van der Waals surface area contributed by atoms with Gasteiger partial charge in [0, 0.05) is 6.04 Å². The van der Waals surface area contributed by atoms with E-state index in [-0.39, 0.29) is 12.5 Å². The number of carboxylic acid groups (broad SMARTS) is 1. The van der Waals surface area contributed by atoms with Crippen LogP contribution in [0.2, 0.25) is 0 Å². The lowest BCUT2D eigenvalue weighted by Crippen LogP contribution is -2.34. The lowest BCUT2D eigenvalue weighted by Gasteiger charge is -2.17. The fourth-order valence-electron chi connectivity index (χ4n) is 2.41. The average Bonchev–Trinajstić information content (AvgIpc) is 2.46. The Balaban J connectivity index is 2.62. The van der Waals surface area contributed by atoms with Gasteiger partial charge in [0.25, 0.3) is 0 Å². The minimum absolute atomic E-state index is 0.0171. The van der Waals surface area contributed by atoms with E-state index in [1.54, 1.807) is 0 Å². The summed E-state index contributed by atoms with van der Waals surface area (Å²) in [5.41, 5.74) is 2.56. The lowest BCUT2D eigenvalue weighted by molar-refractivity contribution is -0.137. The summed E-state index contributed by atoms with van der Waals surface area (Å²) in [5.74, 6) is -0.156. The van der Waals surface area contributed by atoms with Gasteiger partial charge in [0.05, 0.1) is 6.42 Å². The summed E-state index contributed by atoms with van der Waals surface area (Å²) in [5, 5.41) is 12.4. The van der Waals surface area contributed by atoms with Gasteiger partial charge in [-0.3, -0.25) is 4.79 Å². The topological polar surface area (TPSA) is 49.3 Å². The predicted molar refractivity (Wildman–Crippen MR) is 87.8 cm³/mol. The van der Waals surface area contributed by atoms with E-state index in [0.717, 1.165) is 32.2 Å². The van der Waals surface area contributed by atoms with Gasteiger partial charge in [0.1, 0.15) is 0 Å². The molecule has 0 aliphatic rings. The number of aliphatic carboxylic acids is 1. The summed E-state index contributed by atoms with van der Waals surface area (Å²) < 4.78 is 0. The average molecular weight is 291 g/mol. The van der Waals surface area contributed by atoms with E-state index >= 15 is 0 Å². The van der Waals surface area contributed by atoms with Crippen molar-refractivity contribution < 1.29 is 9.90 Å². The Morgan fingerprint density at radius 1 is 1.24 bits per heavy atom. The molecule has 1 aromatic carbocycles. The smallest absolute Gasteiger partial charge is 0.304 e. The van der Waals surface area contributed by atoms with E-state index in [4.69, 9.17) is 5.11 Å². The highest BCUT2D eigenvalue weighted by Gasteiger charge is 2.13. The molecule has 0 heterocycles. The first-order valence-electron chi connectivity index (χ1n) is 8.10. The Bertz CT molecular complexity index is 414. The lowest BCUT2D eigenvalue weighted by atomic mass is 9.95. The Morgan fingerprint density at radius 2 is 1.90 bits per heavy atom. The summed E-state index contributed by atoms with van der Waals surface area (Å²) in [6.45, 7) is 7.45. The van der Waals surface area contributed by atoms with Gasteiger partial charge >= 0.3 is 5.97 Å². The van der Waals surface area contributed by atoms with Crippen molar-refractivity contribution in [1.29, 1.82) is 0 Å². The molecule has 0 spiro atoms. The summed E-state index contributed by atoms with van der Waals surface area (Å²) in [7, 11) is 0. The molecule has 0 fully saturated rings. The van der Waals surface area contributed by atoms with Gasteiger partial charge < -0.3 is 10.4 Å². The third kappa shape index (κ3) is 6.76. The molecular formula is C18H29NO2. The van der Waals surface area contributed by atoms with Crippen molar-refractivity contribution in [3.8, 4) is 0 Å². The molecule has 3 nitrogen and oxygen atoms in total. The normalized spacial score (nSPS) is 13.9. The number of rotatable bonds is 10. The molecule has 2 N–H and O–H groups in total. The van der Waals surface area contributed by atoms with Crippen molar-refractivity contribution in [2.75, 3.05) is 6.54 Å². The highest BCUT2D eigenvalue weighted by molar-refractivity contribution is 5.67. The molecule has 0 saturated carbocycles. The van der Waals surface area contributed by atoms with Crippen LogP contribution in [0.4, 0.5) is 0 Å². The van der Waals surface area contributed by atoms with Crippen molar-refractivity contribution >= 4 is 5.97 Å². The molecule has 1 rings (SSSR count). The Hall–Kier alpha value is -1.35. The second kappa shape index (κ2) is 9.56. The highest BCUT2D eigenvalue weighted by Crippen LogP contribution is 2.19. The number of benzene rings is 1. The zero-order valence-electron chi connectivity index (χ0n) is 13.6. The molecule has 0 aliphatic heterocycles. The fraction of sp³-hybridized carbons (Fsp3) is 0.611. The van der Waals surface area contributed by atoms with Gasteiger partial charge in [-0.2, -0.15) is 0 Å². The molecule has 0 aromatic heterocycles. The molecule has 0 amide bonds. The number of hydrogen-bond acceptors (Lipinski definition) is 2. The zero-order valence-corrected chi connectivity index (χ0v) is 13.6. The SMILES string of the molecule is CCCCNC(CC(=O)O)Cc1ccc(C(C)CC)cc1. The molecule has 0 bridgehead atoms. The highest BCUT2D eigenvalue weighted by atomic mass is 16.4. The van der Waals surface area contributed by atoms with Crippen LogP contribution in [0.5, 0.6) is 0 Å². The quantitative estimate of drug-likeness (QED) is 0.641. The first-order valence-corrected chi connectivity index (χ1v) is 8.10. The summed E-state index contributed by atoms with van der Waals surface area (Å²) in [6, 6.07) is 8.64. The van der Waals surface area contributed by atoms with E-state index < -0.39 is 5.97 Å². The number of nitrogens with one attached hydrogen (secondary N) is 1. The van der Waals surface area contributed by atoms with Gasteiger partial charge in [0.2, 0.25) is 0 Å². The number of unbranched alkanes of at least 4 members (excludes halogenated alkanes) is 1. The Kier molecular flexibility index (Phi) is 8.06. The van der Waals surface area contributed by atoms with Crippen LogP contribution >= 0.6 is 0 Å². The van der Waals surface area contributed by atoms with Crippen LogP contribution < -0.4 is 5.32 Å². The molecule has 3 heteroatoms. The van der Waals surface area contributed by atoms with Crippen LogP contribution in [0, 0.1) is 0 Å². The van der Waals surface area contributed by atoms with Crippen LogP contribution in [-0.4, -0.2) is 23.7 Å². The van der Waals surface area contributed by atoms with Crippen LogP contribution in [-0.2, 0) is 11.2 Å². The molecule has 2 unspecified atom stereocenters. The van der Waals surface area contributed by atoms with Crippen molar-refractivity contribution in [2.24, 2.45) is 0 Å². The van der Waals surface area contributed by atoms with Gasteiger partial charge in [-0.1, -0.05) is 51.5 Å². The molecular weight excluding hydrogens is 262 g/mol. The maximum absolute atomic E-state index is 11.0. The van der Waals surface area contributed by atoms with E-state index in [9.17, 15) is 4.79 Å². The van der Waals surface area contributed by atoms with Crippen LogP contribution in [0.1, 0.15) is 63.5 Å². The van der Waals surface area contributed by atoms with Crippen molar-refractivity contribution in [2.45, 2.75) is 64.8 Å². The fourth-order valence-corrected chi connectivity index (χ4v) is 2.41. The molecule has 118 valence electrons. The first kappa shape index (κ1) is 17.7. The third-order valence-corrected chi connectivity index (χ3v) is 4.03. The van der Waals surface area contributed by atoms with Crippen molar-refractivity contribution in [3.05, 3.63) is 35.4 Å². The van der Waals surface area contributed by atoms with Gasteiger partial charge in [-0.25, -0.2) is 0 Å². The van der Waals surface area contributed by atoms with E-state index in [0.29, 0.717) is 5.92 Å². The molecule has 2 atom stereocenters. The van der Waals surface area contributed by atoms with E-state index in [2.05, 4.69) is 50.4 Å². The van der Waals surface area contributed by atoms with Crippen LogP contribution in [0.15, 0.2) is 24.3 Å². The second-order valence-electron chi connectivity index (χ2n) is 5.86. The van der Waals surface area contributed by atoms with E-state index in [1.807, 2.05) is 0 Å². The monoisotopic (exact) mass is 291 g/mol.